The molecule has 4 heteroatoms. The van der Waals surface area contributed by atoms with Crippen LogP contribution in [0.25, 0.3) is 0 Å². The molecule has 1 aromatic carbocycles. The van der Waals surface area contributed by atoms with Gasteiger partial charge < -0.3 is 10.0 Å². The lowest BCUT2D eigenvalue weighted by molar-refractivity contribution is -0.146. The van der Waals surface area contributed by atoms with Crippen molar-refractivity contribution in [2.24, 2.45) is 11.3 Å². The zero-order chi connectivity index (χ0) is 18.6. The van der Waals surface area contributed by atoms with Crippen molar-refractivity contribution in [2.45, 2.75) is 64.7 Å². The first-order valence-electron chi connectivity index (χ1n) is 10.0. The van der Waals surface area contributed by atoms with Gasteiger partial charge in [0.1, 0.15) is 0 Å². The monoisotopic (exact) mass is 357 g/mol. The van der Waals surface area contributed by atoms with Crippen molar-refractivity contribution in [3.8, 4) is 0 Å². The molecule has 0 bridgehead atoms. The van der Waals surface area contributed by atoms with Gasteiger partial charge in [0, 0.05) is 19.5 Å². The van der Waals surface area contributed by atoms with E-state index in [-0.39, 0.29) is 12.3 Å². The number of amides is 1. The van der Waals surface area contributed by atoms with Crippen LogP contribution in [0.2, 0.25) is 0 Å². The largest absolute Gasteiger partial charge is 0.481 e. The highest BCUT2D eigenvalue weighted by molar-refractivity contribution is 5.82. The summed E-state index contributed by atoms with van der Waals surface area (Å²) in [6.45, 7) is 3.59. The minimum Gasteiger partial charge on any atom is -0.481 e. The predicted octanol–water partition coefficient (Wildman–Crippen LogP) is 4.20. The predicted molar refractivity (Wildman–Crippen MR) is 102 cm³/mol. The van der Waals surface area contributed by atoms with Gasteiger partial charge in [-0.2, -0.15) is 0 Å². The highest BCUT2D eigenvalue weighted by Gasteiger charge is 2.37. The summed E-state index contributed by atoms with van der Waals surface area (Å²) in [6, 6.07) is 7.83. The first-order valence-corrected chi connectivity index (χ1v) is 10.0. The Hall–Kier alpha value is -1.84. The summed E-state index contributed by atoms with van der Waals surface area (Å²) in [5, 5.41) is 9.60. The summed E-state index contributed by atoms with van der Waals surface area (Å²) in [4.78, 5) is 26.3. The molecule has 1 heterocycles. The number of carboxylic acid groups (broad SMARTS) is 1. The summed E-state index contributed by atoms with van der Waals surface area (Å²) in [5.74, 6) is -1.51. The third-order valence-electron chi connectivity index (χ3n) is 6.59. The Morgan fingerprint density at radius 3 is 2.35 bits per heavy atom. The van der Waals surface area contributed by atoms with Crippen molar-refractivity contribution in [1.82, 2.24) is 4.90 Å². The summed E-state index contributed by atoms with van der Waals surface area (Å²) in [6.07, 6.45) is 9.32. The molecule has 1 unspecified atom stereocenters. The van der Waals surface area contributed by atoms with Crippen LogP contribution in [-0.4, -0.2) is 35.0 Å². The first-order chi connectivity index (χ1) is 12.5. The molecule has 1 aromatic rings. The first kappa shape index (κ1) is 18.9. The Morgan fingerprint density at radius 2 is 1.73 bits per heavy atom. The normalized spacial score (nSPS) is 20.7. The third-order valence-corrected chi connectivity index (χ3v) is 6.59. The van der Waals surface area contributed by atoms with E-state index in [1.807, 2.05) is 36.1 Å². The van der Waals surface area contributed by atoms with E-state index in [0.29, 0.717) is 11.8 Å². The van der Waals surface area contributed by atoms with Gasteiger partial charge in [0.15, 0.2) is 0 Å². The minimum atomic E-state index is -0.873. The zero-order valence-corrected chi connectivity index (χ0v) is 15.9. The van der Waals surface area contributed by atoms with Crippen LogP contribution in [0, 0.1) is 18.3 Å². The molecule has 1 amide bonds. The SMILES string of the molecule is Cc1ccccc1CC(CC(=O)N1CCC2(CCCCC2)CC1)C(=O)O. The maximum Gasteiger partial charge on any atom is 0.307 e. The van der Waals surface area contributed by atoms with Crippen LogP contribution in [0.3, 0.4) is 0 Å². The summed E-state index contributed by atoms with van der Waals surface area (Å²) >= 11 is 0. The second-order valence-electron chi connectivity index (χ2n) is 8.31. The van der Waals surface area contributed by atoms with Crippen LogP contribution >= 0.6 is 0 Å². The quantitative estimate of drug-likeness (QED) is 0.859. The molecule has 1 atom stereocenters. The Morgan fingerprint density at radius 1 is 1.08 bits per heavy atom. The highest BCUT2D eigenvalue weighted by atomic mass is 16.4. The zero-order valence-electron chi connectivity index (χ0n) is 15.9. The van der Waals surface area contributed by atoms with E-state index in [4.69, 9.17) is 0 Å². The van der Waals surface area contributed by atoms with E-state index in [1.165, 1.54) is 32.1 Å². The van der Waals surface area contributed by atoms with Crippen molar-refractivity contribution in [2.75, 3.05) is 13.1 Å². The molecule has 1 aliphatic carbocycles. The van der Waals surface area contributed by atoms with Gasteiger partial charge in [0.25, 0.3) is 0 Å². The van der Waals surface area contributed by atoms with Crippen LogP contribution < -0.4 is 0 Å². The van der Waals surface area contributed by atoms with E-state index in [9.17, 15) is 14.7 Å². The number of carbonyl (C=O) groups excluding carboxylic acids is 1. The topological polar surface area (TPSA) is 57.6 Å². The van der Waals surface area contributed by atoms with Crippen LogP contribution in [-0.2, 0) is 16.0 Å². The van der Waals surface area contributed by atoms with E-state index < -0.39 is 11.9 Å². The van der Waals surface area contributed by atoms with E-state index >= 15 is 0 Å². The minimum absolute atomic E-state index is 0.0108. The summed E-state index contributed by atoms with van der Waals surface area (Å²) < 4.78 is 0. The maximum atomic E-state index is 12.7. The number of likely N-dealkylation sites (tertiary alicyclic amines) is 1. The average Bonchev–Trinajstić information content (AvgIpc) is 2.64. The highest BCUT2D eigenvalue weighted by Crippen LogP contribution is 2.44. The molecule has 4 nitrogen and oxygen atoms in total. The van der Waals surface area contributed by atoms with Crippen molar-refractivity contribution < 1.29 is 14.7 Å². The fourth-order valence-electron chi connectivity index (χ4n) is 4.72. The molecule has 1 saturated heterocycles. The van der Waals surface area contributed by atoms with Crippen molar-refractivity contribution in [3.05, 3.63) is 35.4 Å². The number of rotatable bonds is 5. The number of benzene rings is 1. The molecule has 1 saturated carbocycles. The third kappa shape index (κ3) is 4.46. The molecule has 2 fully saturated rings. The molecule has 3 rings (SSSR count). The lowest BCUT2D eigenvalue weighted by Crippen LogP contribution is -2.44. The molecule has 1 N–H and O–H groups in total. The summed E-state index contributed by atoms with van der Waals surface area (Å²) in [7, 11) is 0. The Kier molecular flexibility index (Phi) is 6.00. The molecule has 0 aromatic heterocycles. The molecular formula is C22H31NO3. The number of aliphatic carboxylic acids is 1. The number of piperidine rings is 1. The smallest absolute Gasteiger partial charge is 0.307 e. The van der Waals surface area contributed by atoms with Gasteiger partial charge in [-0.05, 0) is 55.6 Å². The number of aryl methyl sites for hydroxylation is 1. The second kappa shape index (κ2) is 8.24. The second-order valence-corrected chi connectivity index (χ2v) is 8.31. The number of hydrogen-bond donors (Lipinski definition) is 1. The standard InChI is InChI=1S/C22H31NO3/c1-17-7-3-4-8-18(17)15-19(21(25)26)16-20(24)23-13-11-22(12-14-23)9-5-2-6-10-22/h3-4,7-8,19H,2,5-6,9-16H2,1H3,(H,25,26). The molecule has 0 radical (unpaired) electrons. The van der Waals surface area contributed by atoms with Crippen LogP contribution in [0.5, 0.6) is 0 Å². The lowest BCUT2D eigenvalue weighted by Gasteiger charge is -2.44. The molecule has 2 aliphatic rings. The lowest BCUT2D eigenvalue weighted by atomic mass is 9.68. The van der Waals surface area contributed by atoms with E-state index in [0.717, 1.165) is 37.1 Å². The molecule has 1 aliphatic heterocycles. The van der Waals surface area contributed by atoms with Crippen LogP contribution in [0.1, 0.15) is 62.5 Å². The van der Waals surface area contributed by atoms with E-state index in [1.54, 1.807) is 0 Å². The van der Waals surface area contributed by atoms with Gasteiger partial charge in [0.2, 0.25) is 5.91 Å². The average molecular weight is 357 g/mol. The molecule has 26 heavy (non-hydrogen) atoms. The van der Waals surface area contributed by atoms with Gasteiger partial charge in [-0.25, -0.2) is 0 Å². The van der Waals surface area contributed by atoms with Gasteiger partial charge in [-0.15, -0.1) is 0 Å². The number of carboxylic acids is 1. The van der Waals surface area contributed by atoms with Crippen LogP contribution in [0.4, 0.5) is 0 Å². The number of hydrogen-bond acceptors (Lipinski definition) is 2. The fraction of sp³-hybridized carbons (Fsp3) is 0.636. The Labute approximate surface area is 156 Å². The van der Waals surface area contributed by atoms with E-state index in [2.05, 4.69) is 0 Å². The molecular weight excluding hydrogens is 326 g/mol. The maximum absolute atomic E-state index is 12.7. The van der Waals surface area contributed by atoms with Crippen molar-refractivity contribution >= 4 is 11.9 Å². The van der Waals surface area contributed by atoms with Gasteiger partial charge in [0.05, 0.1) is 5.92 Å². The Bertz CT molecular complexity index is 639. The van der Waals surface area contributed by atoms with Gasteiger partial charge in [-0.1, -0.05) is 43.5 Å². The Balaban J connectivity index is 1.57. The molecule has 1 spiro atoms. The molecule has 142 valence electrons. The van der Waals surface area contributed by atoms with Gasteiger partial charge >= 0.3 is 5.97 Å². The van der Waals surface area contributed by atoms with Crippen molar-refractivity contribution in [3.63, 3.8) is 0 Å². The van der Waals surface area contributed by atoms with Gasteiger partial charge in [-0.3, -0.25) is 9.59 Å². The summed E-state index contributed by atoms with van der Waals surface area (Å²) in [5.41, 5.74) is 2.57. The van der Waals surface area contributed by atoms with Crippen molar-refractivity contribution in [1.29, 1.82) is 0 Å². The fourth-order valence-corrected chi connectivity index (χ4v) is 4.72. The number of carbonyl (C=O) groups is 2. The number of nitrogens with zero attached hydrogens (tertiary/aromatic N) is 1. The van der Waals surface area contributed by atoms with Crippen LogP contribution in [0.15, 0.2) is 24.3 Å².